The SMILES string of the molecule is O=C(NC(c1ccccc1)c1ccc(O[P+](=O)O)cc1)c1cnc(-c2ccccn2)[nH]c1=O. The molecule has 0 bridgehead atoms. The van der Waals surface area contributed by atoms with Crippen LogP contribution in [0.3, 0.4) is 0 Å². The molecule has 2 unspecified atom stereocenters. The molecule has 4 aromatic rings. The Morgan fingerprint density at radius 3 is 2.30 bits per heavy atom. The van der Waals surface area contributed by atoms with E-state index >= 15 is 0 Å². The quantitative estimate of drug-likeness (QED) is 0.359. The number of pyridine rings is 1. The van der Waals surface area contributed by atoms with Crippen molar-refractivity contribution in [2.75, 3.05) is 0 Å². The van der Waals surface area contributed by atoms with Gasteiger partial charge in [-0.3, -0.25) is 14.6 Å². The number of benzene rings is 2. The van der Waals surface area contributed by atoms with Crippen molar-refractivity contribution in [3.8, 4) is 17.3 Å². The number of rotatable bonds is 7. The van der Waals surface area contributed by atoms with Gasteiger partial charge in [-0.2, -0.15) is 0 Å². The fraction of sp³-hybridized carbons (Fsp3) is 0.0435. The van der Waals surface area contributed by atoms with Gasteiger partial charge in [0.15, 0.2) is 11.6 Å². The maximum absolute atomic E-state index is 13.0. The number of aromatic nitrogens is 3. The lowest BCUT2D eigenvalue weighted by Crippen LogP contribution is -2.33. The highest BCUT2D eigenvalue weighted by molar-refractivity contribution is 7.32. The number of carbonyl (C=O) groups is 1. The normalized spacial score (nSPS) is 12.0. The van der Waals surface area contributed by atoms with E-state index in [-0.39, 0.29) is 17.1 Å². The van der Waals surface area contributed by atoms with E-state index in [4.69, 9.17) is 9.42 Å². The Morgan fingerprint density at radius 1 is 0.970 bits per heavy atom. The van der Waals surface area contributed by atoms with Gasteiger partial charge >= 0.3 is 8.25 Å². The summed E-state index contributed by atoms with van der Waals surface area (Å²) >= 11 is 0. The average molecular weight is 461 g/mol. The number of H-pyrrole nitrogens is 1. The minimum Gasteiger partial charge on any atom is -0.341 e. The summed E-state index contributed by atoms with van der Waals surface area (Å²) in [5.74, 6) is -0.134. The van der Waals surface area contributed by atoms with E-state index in [0.717, 1.165) is 5.56 Å². The summed E-state index contributed by atoms with van der Waals surface area (Å²) < 4.78 is 15.7. The highest BCUT2D eigenvalue weighted by Crippen LogP contribution is 2.27. The van der Waals surface area contributed by atoms with Crippen LogP contribution in [0.2, 0.25) is 0 Å². The van der Waals surface area contributed by atoms with Gasteiger partial charge in [0.05, 0.1) is 6.04 Å². The predicted octanol–water partition coefficient (Wildman–Crippen LogP) is 3.38. The monoisotopic (exact) mass is 461 g/mol. The van der Waals surface area contributed by atoms with Gasteiger partial charge in [0.2, 0.25) is 0 Å². The van der Waals surface area contributed by atoms with Gasteiger partial charge in [0.1, 0.15) is 11.3 Å². The minimum absolute atomic E-state index is 0.146. The number of carbonyl (C=O) groups excluding carboxylic acids is 1. The molecule has 0 fully saturated rings. The molecule has 2 heterocycles. The Hall–Kier alpha value is -4.20. The molecule has 0 aliphatic carbocycles. The first kappa shape index (κ1) is 22.0. The van der Waals surface area contributed by atoms with Crippen LogP contribution < -0.4 is 15.4 Å². The highest BCUT2D eigenvalue weighted by atomic mass is 31.1. The molecule has 0 saturated heterocycles. The van der Waals surface area contributed by atoms with Crippen molar-refractivity contribution in [3.63, 3.8) is 0 Å². The predicted molar refractivity (Wildman–Crippen MR) is 121 cm³/mol. The van der Waals surface area contributed by atoms with Crippen LogP contribution in [0.4, 0.5) is 0 Å². The van der Waals surface area contributed by atoms with E-state index in [1.807, 2.05) is 30.3 Å². The maximum atomic E-state index is 13.0. The number of hydrogen-bond donors (Lipinski definition) is 3. The van der Waals surface area contributed by atoms with E-state index in [0.29, 0.717) is 11.3 Å². The zero-order chi connectivity index (χ0) is 23.2. The van der Waals surface area contributed by atoms with E-state index in [1.54, 1.807) is 36.5 Å². The standard InChI is InChI=1S/C23H17N4O5P/c28-22(18-14-25-21(27-23(18)29)19-8-4-5-13-24-19)26-20(15-6-2-1-3-7-15)16-9-11-17(12-10-16)32-33(30)31/h1-14,20H,(H2-,25,26,27,28,29,30,31)/p+1. The second kappa shape index (κ2) is 9.95. The summed E-state index contributed by atoms with van der Waals surface area (Å²) in [6, 6.07) is 20.2. The zero-order valence-corrected chi connectivity index (χ0v) is 18.0. The largest absolute Gasteiger partial charge is 0.747 e. The van der Waals surface area contributed by atoms with E-state index < -0.39 is 25.8 Å². The lowest BCUT2D eigenvalue weighted by atomic mass is 9.98. The molecule has 33 heavy (non-hydrogen) atoms. The number of nitrogens with one attached hydrogen (secondary N) is 2. The van der Waals surface area contributed by atoms with Crippen LogP contribution in [-0.2, 0) is 4.57 Å². The van der Waals surface area contributed by atoms with Crippen LogP contribution in [-0.4, -0.2) is 25.8 Å². The molecular formula is C23H18N4O5P+. The van der Waals surface area contributed by atoms with Crippen molar-refractivity contribution < 1.29 is 18.8 Å². The number of hydrogen-bond acceptors (Lipinski definition) is 6. The van der Waals surface area contributed by atoms with Gasteiger partial charge in [-0.1, -0.05) is 48.5 Å². The van der Waals surface area contributed by atoms with Gasteiger partial charge < -0.3 is 10.3 Å². The molecule has 0 aliphatic rings. The van der Waals surface area contributed by atoms with Crippen molar-refractivity contribution in [2.45, 2.75) is 6.04 Å². The van der Waals surface area contributed by atoms with Crippen molar-refractivity contribution in [3.05, 3.63) is 112 Å². The number of amides is 1. The van der Waals surface area contributed by atoms with Crippen LogP contribution in [0.15, 0.2) is 90.0 Å². The van der Waals surface area contributed by atoms with Gasteiger partial charge in [-0.25, -0.2) is 9.51 Å². The summed E-state index contributed by atoms with van der Waals surface area (Å²) in [5, 5.41) is 2.86. The summed E-state index contributed by atoms with van der Waals surface area (Å²) in [6.07, 6.45) is 2.80. The molecule has 1 amide bonds. The topological polar surface area (TPSA) is 134 Å². The third-order valence-electron chi connectivity index (χ3n) is 4.76. The van der Waals surface area contributed by atoms with Crippen molar-refractivity contribution in [2.24, 2.45) is 0 Å². The molecule has 10 heteroatoms. The van der Waals surface area contributed by atoms with E-state index in [1.165, 1.54) is 18.3 Å². The molecule has 0 radical (unpaired) electrons. The molecule has 2 aromatic heterocycles. The average Bonchev–Trinajstić information content (AvgIpc) is 2.84. The van der Waals surface area contributed by atoms with Crippen LogP contribution >= 0.6 is 8.25 Å². The van der Waals surface area contributed by atoms with Crippen molar-refractivity contribution in [1.82, 2.24) is 20.3 Å². The Kier molecular flexibility index (Phi) is 6.64. The second-order valence-corrected chi connectivity index (χ2v) is 7.56. The van der Waals surface area contributed by atoms with Crippen LogP contribution in [0.25, 0.3) is 11.5 Å². The first-order valence-electron chi connectivity index (χ1n) is 9.82. The maximum Gasteiger partial charge on any atom is 0.747 e. The molecule has 2 aromatic carbocycles. The van der Waals surface area contributed by atoms with Crippen LogP contribution in [0.5, 0.6) is 5.75 Å². The molecule has 0 saturated carbocycles. The van der Waals surface area contributed by atoms with Gasteiger partial charge in [0.25, 0.3) is 11.5 Å². The van der Waals surface area contributed by atoms with Crippen LogP contribution in [0.1, 0.15) is 27.5 Å². The summed E-state index contributed by atoms with van der Waals surface area (Å²) in [4.78, 5) is 45.4. The van der Waals surface area contributed by atoms with Crippen LogP contribution in [0, 0.1) is 0 Å². The van der Waals surface area contributed by atoms with Gasteiger partial charge in [-0.05, 0) is 35.4 Å². The third-order valence-corrected chi connectivity index (χ3v) is 5.12. The number of nitrogens with zero attached hydrogens (tertiary/aromatic N) is 2. The Balaban J connectivity index is 1.62. The fourth-order valence-corrected chi connectivity index (χ4v) is 3.52. The zero-order valence-electron chi connectivity index (χ0n) is 17.1. The molecule has 164 valence electrons. The first-order valence-corrected chi connectivity index (χ1v) is 10.9. The van der Waals surface area contributed by atoms with E-state index in [2.05, 4.69) is 20.3 Å². The summed E-state index contributed by atoms with van der Waals surface area (Å²) in [5.41, 5.74) is 1.21. The molecular weight excluding hydrogens is 443 g/mol. The molecule has 0 aliphatic heterocycles. The smallest absolute Gasteiger partial charge is 0.341 e. The third kappa shape index (κ3) is 5.35. The lowest BCUT2D eigenvalue weighted by Gasteiger charge is -2.20. The molecule has 0 spiro atoms. The van der Waals surface area contributed by atoms with Crippen molar-refractivity contribution in [1.29, 1.82) is 0 Å². The first-order chi connectivity index (χ1) is 16.0. The molecule has 4 rings (SSSR count). The Labute approximate surface area is 189 Å². The molecule has 3 N–H and O–H groups in total. The second-order valence-electron chi connectivity index (χ2n) is 6.90. The number of aromatic amines is 1. The minimum atomic E-state index is -2.78. The highest BCUT2D eigenvalue weighted by Gasteiger charge is 2.21. The van der Waals surface area contributed by atoms with Gasteiger partial charge in [-0.15, -0.1) is 4.89 Å². The van der Waals surface area contributed by atoms with Crippen molar-refractivity contribution >= 4 is 14.2 Å². The summed E-state index contributed by atoms with van der Waals surface area (Å²) in [6.45, 7) is 0. The lowest BCUT2D eigenvalue weighted by molar-refractivity contribution is 0.0941. The van der Waals surface area contributed by atoms with E-state index in [9.17, 15) is 14.2 Å². The Bertz CT molecular complexity index is 1330. The Morgan fingerprint density at radius 2 is 1.67 bits per heavy atom. The fourth-order valence-electron chi connectivity index (χ4n) is 3.21. The molecule has 9 nitrogen and oxygen atoms in total. The van der Waals surface area contributed by atoms with Gasteiger partial charge in [0, 0.05) is 17.0 Å². The summed E-state index contributed by atoms with van der Waals surface area (Å²) in [7, 11) is -2.78. The molecule has 2 atom stereocenters.